The van der Waals surface area contributed by atoms with Gasteiger partial charge in [-0.3, -0.25) is 0 Å². The molecule has 3 heteroatoms. The second-order valence-electron chi connectivity index (χ2n) is 2.60. The second kappa shape index (κ2) is 3.58. The van der Waals surface area contributed by atoms with Gasteiger partial charge in [-0.05, 0) is 6.07 Å². The maximum atomic E-state index is 4.64. The molecule has 1 heterocycles. The van der Waals surface area contributed by atoms with Crippen molar-refractivity contribution in [2.45, 2.75) is 0 Å². The summed E-state index contributed by atoms with van der Waals surface area (Å²) in [6.45, 7) is 0. The molecule has 0 aliphatic rings. The lowest BCUT2D eigenvalue weighted by Gasteiger charge is -1.89. The van der Waals surface area contributed by atoms with Gasteiger partial charge in [-0.15, -0.1) is 11.3 Å². The van der Waals surface area contributed by atoms with Crippen LogP contribution in [0.1, 0.15) is 5.56 Å². The van der Waals surface area contributed by atoms with Crippen LogP contribution in [0.25, 0.3) is 10.1 Å². The Kier molecular flexibility index (Phi) is 2.27. The highest BCUT2D eigenvalue weighted by atomic mass is 32.1. The zero-order valence-corrected chi connectivity index (χ0v) is 8.04. The average molecular weight is 191 g/mol. The maximum Gasteiger partial charge on any atom is 0.106 e. The topological polar surface area (TPSA) is 21.6 Å². The third-order valence-electron chi connectivity index (χ3n) is 1.81. The molecule has 2 rings (SSSR count). The lowest BCUT2D eigenvalue weighted by Crippen LogP contribution is -1.77. The van der Waals surface area contributed by atoms with Gasteiger partial charge in [0.05, 0.1) is 6.21 Å². The molecule has 0 aliphatic heterocycles. The van der Waals surface area contributed by atoms with Crippen molar-refractivity contribution in [3.63, 3.8) is 0 Å². The van der Waals surface area contributed by atoms with Crippen molar-refractivity contribution >= 4 is 27.6 Å². The molecule has 0 fully saturated rings. The van der Waals surface area contributed by atoms with Gasteiger partial charge in [0.2, 0.25) is 0 Å². The van der Waals surface area contributed by atoms with Crippen molar-refractivity contribution in [1.29, 1.82) is 0 Å². The van der Waals surface area contributed by atoms with Gasteiger partial charge >= 0.3 is 0 Å². The van der Waals surface area contributed by atoms with Crippen molar-refractivity contribution in [3.8, 4) is 0 Å². The van der Waals surface area contributed by atoms with E-state index in [0.29, 0.717) is 0 Å². The quantitative estimate of drug-likeness (QED) is 0.528. The summed E-state index contributed by atoms with van der Waals surface area (Å²) in [5.41, 5.74) is 1.11. The van der Waals surface area contributed by atoms with E-state index in [2.05, 4.69) is 27.5 Å². The van der Waals surface area contributed by atoms with Crippen LogP contribution in [0, 0.1) is 0 Å². The fourth-order valence-electron chi connectivity index (χ4n) is 1.21. The number of oxime groups is 1. The average Bonchev–Trinajstić information content (AvgIpc) is 2.58. The summed E-state index contributed by atoms with van der Waals surface area (Å²) in [7, 11) is 1.55. The van der Waals surface area contributed by atoms with E-state index in [-0.39, 0.29) is 0 Å². The molecule has 13 heavy (non-hydrogen) atoms. The molecule has 66 valence electrons. The number of nitrogens with zero attached hydrogens (tertiary/aromatic N) is 1. The molecule has 2 aromatic rings. The first-order chi connectivity index (χ1) is 6.42. The Labute approximate surface area is 80.4 Å². The minimum absolute atomic E-state index is 1.11. The molecule has 0 radical (unpaired) electrons. The van der Waals surface area contributed by atoms with Crippen molar-refractivity contribution in [2.75, 3.05) is 7.11 Å². The van der Waals surface area contributed by atoms with Crippen LogP contribution < -0.4 is 0 Å². The van der Waals surface area contributed by atoms with Gasteiger partial charge in [-0.25, -0.2) is 0 Å². The van der Waals surface area contributed by atoms with Crippen LogP contribution in [-0.2, 0) is 4.84 Å². The Hall–Kier alpha value is -1.35. The number of fused-ring (bicyclic) bond motifs is 1. The molecule has 1 aromatic carbocycles. The Balaban J connectivity index is 2.52. The highest BCUT2D eigenvalue weighted by Gasteiger charge is 1.99. The highest BCUT2D eigenvalue weighted by molar-refractivity contribution is 7.17. The number of rotatable bonds is 2. The summed E-state index contributed by atoms with van der Waals surface area (Å²) < 4.78 is 1.28. The van der Waals surface area contributed by atoms with E-state index in [1.165, 1.54) is 10.1 Å². The molecular formula is C10H9NOS. The SMILES string of the molecule is CON=Cc1csc2ccccc12. The van der Waals surface area contributed by atoms with Crippen LogP contribution in [-0.4, -0.2) is 13.3 Å². The summed E-state index contributed by atoms with van der Waals surface area (Å²) in [6.07, 6.45) is 1.73. The van der Waals surface area contributed by atoms with E-state index in [0.717, 1.165) is 5.56 Å². The maximum absolute atomic E-state index is 4.64. The van der Waals surface area contributed by atoms with Crippen molar-refractivity contribution < 1.29 is 4.84 Å². The smallest absolute Gasteiger partial charge is 0.106 e. The molecule has 0 saturated heterocycles. The largest absolute Gasteiger partial charge is 0.399 e. The van der Waals surface area contributed by atoms with Crippen LogP contribution in [0.4, 0.5) is 0 Å². The normalized spacial score (nSPS) is 11.2. The van der Waals surface area contributed by atoms with Crippen LogP contribution in [0.5, 0.6) is 0 Å². The molecule has 1 aromatic heterocycles. The first-order valence-corrected chi connectivity index (χ1v) is 4.82. The molecule has 2 nitrogen and oxygen atoms in total. The minimum Gasteiger partial charge on any atom is -0.399 e. The Morgan fingerprint density at radius 3 is 3.08 bits per heavy atom. The molecule has 0 aliphatic carbocycles. The predicted octanol–water partition coefficient (Wildman–Crippen LogP) is 2.88. The van der Waals surface area contributed by atoms with E-state index < -0.39 is 0 Å². The molecule has 0 saturated carbocycles. The van der Waals surface area contributed by atoms with E-state index in [4.69, 9.17) is 0 Å². The van der Waals surface area contributed by atoms with Gasteiger partial charge in [0.1, 0.15) is 7.11 Å². The van der Waals surface area contributed by atoms with Gasteiger partial charge < -0.3 is 4.84 Å². The van der Waals surface area contributed by atoms with Gasteiger partial charge in [-0.1, -0.05) is 23.4 Å². The summed E-state index contributed by atoms with van der Waals surface area (Å²) in [6, 6.07) is 8.25. The summed E-state index contributed by atoms with van der Waals surface area (Å²) in [5, 5.41) is 7.05. The number of benzene rings is 1. The van der Waals surface area contributed by atoms with Crippen LogP contribution in [0.15, 0.2) is 34.8 Å². The molecule has 0 bridgehead atoms. The van der Waals surface area contributed by atoms with Crippen molar-refractivity contribution in [2.24, 2.45) is 5.16 Å². The van der Waals surface area contributed by atoms with E-state index in [9.17, 15) is 0 Å². The summed E-state index contributed by atoms with van der Waals surface area (Å²) in [5.74, 6) is 0. The highest BCUT2D eigenvalue weighted by Crippen LogP contribution is 2.23. The lowest BCUT2D eigenvalue weighted by atomic mass is 10.2. The predicted molar refractivity (Wildman–Crippen MR) is 56.4 cm³/mol. The van der Waals surface area contributed by atoms with Gasteiger partial charge in [-0.2, -0.15) is 0 Å². The van der Waals surface area contributed by atoms with Crippen LogP contribution in [0.3, 0.4) is 0 Å². The Bertz CT molecular complexity index is 433. The standard InChI is InChI=1S/C10H9NOS/c1-12-11-6-8-7-13-10-5-3-2-4-9(8)10/h2-7H,1H3. The molecule has 0 spiro atoms. The number of thiophene rings is 1. The first-order valence-electron chi connectivity index (χ1n) is 3.94. The monoisotopic (exact) mass is 191 g/mol. The van der Waals surface area contributed by atoms with Gasteiger partial charge in [0.25, 0.3) is 0 Å². The minimum atomic E-state index is 1.11. The zero-order valence-electron chi connectivity index (χ0n) is 7.23. The van der Waals surface area contributed by atoms with Crippen LogP contribution >= 0.6 is 11.3 Å². The Morgan fingerprint density at radius 2 is 2.23 bits per heavy atom. The molecule has 0 unspecified atom stereocenters. The van der Waals surface area contributed by atoms with E-state index in [1.54, 1.807) is 24.7 Å². The van der Waals surface area contributed by atoms with E-state index in [1.807, 2.05) is 12.1 Å². The fourth-order valence-corrected chi connectivity index (χ4v) is 2.12. The zero-order chi connectivity index (χ0) is 9.10. The second-order valence-corrected chi connectivity index (χ2v) is 3.52. The summed E-state index contributed by atoms with van der Waals surface area (Å²) >= 11 is 1.72. The molecule has 0 atom stereocenters. The first kappa shape index (κ1) is 8.26. The molecule has 0 N–H and O–H groups in total. The third-order valence-corrected chi connectivity index (χ3v) is 2.79. The molecular weight excluding hydrogens is 182 g/mol. The fraction of sp³-hybridized carbons (Fsp3) is 0.100. The number of hydrogen-bond donors (Lipinski definition) is 0. The number of hydrogen-bond acceptors (Lipinski definition) is 3. The third kappa shape index (κ3) is 1.55. The lowest BCUT2D eigenvalue weighted by molar-refractivity contribution is 0.215. The van der Waals surface area contributed by atoms with Crippen molar-refractivity contribution in [1.82, 2.24) is 0 Å². The molecule has 0 amide bonds. The summed E-state index contributed by atoms with van der Waals surface area (Å²) in [4.78, 5) is 4.64. The van der Waals surface area contributed by atoms with Gasteiger partial charge in [0, 0.05) is 21.0 Å². The van der Waals surface area contributed by atoms with Gasteiger partial charge in [0.15, 0.2) is 0 Å². The Morgan fingerprint density at radius 1 is 1.38 bits per heavy atom. The van der Waals surface area contributed by atoms with Crippen LogP contribution in [0.2, 0.25) is 0 Å². The van der Waals surface area contributed by atoms with Crippen molar-refractivity contribution in [3.05, 3.63) is 35.2 Å². The van der Waals surface area contributed by atoms with E-state index >= 15 is 0 Å².